The van der Waals surface area contributed by atoms with E-state index < -0.39 is 26.7 Å². The minimum atomic E-state index is -6.00. The van der Waals surface area contributed by atoms with Gasteiger partial charge in [0, 0.05) is 10.8 Å². The molecule has 278 valence electrons. The second kappa shape index (κ2) is 23.7. The van der Waals surface area contributed by atoms with Crippen LogP contribution in [0.2, 0.25) is 0 Å². The van der Waals surface area contributed by atoms with Crippen LogP contribution in [0.3, 0.4) is 0 Å². The maximum atomic E-state index is 11.5. The second-order valence-electron chi connectivity index (χ2n) is 13.5. The maximum Gasteiger partial charge on any atom is 2.00 e. The fourth-order valence-corrected chi connectivity index (χ4v) is 4.38. The third-order valence-electron chi connectivity index (χ3n) is 6.51. The monoisotopic (exact) mass is 817 g/mol. The Hall–Kier alpha value is -2.76. The number of ketones is 2. The van der Waals surface area contributed by atoms with Gasteiger partial charge in [-0.2, -0.15) is 0 Å². The van der Waals surface area contributed by atoms with Gasteiger partial charge in [0.25, 0.3) is 0 Å². The van der Waals surface area contributed by atoms with Gasteiger partial charge in [0.2, 0.25) is 0 Å². The summed E-state index contributed by atoms with van der Waals surface area (Å²) in [5.74, 6) is 5.58. The Bertz CT molecular complexity index is 1230. The van der Waals surface area contributed by atoms with Gasteiger partial charge in [0.15, 0.2) is 0 Å². The van der Waals surface area contributed by atoms with E-state index in [0.29, 0.717) is 23.2 Å². The van der Waals surface area contributed by atoms with Crippen LogP contribution in [-0.2, 0) is 29.1 Å². The van der Waals surface area contributed by atoms with E-state index in [4.69, 9.17) is 13.6 Å². The number of carbonyl (C=O) groups is 2. The number of benzene rings is 3. The minimum absolute atomic E-state index is 0. The Morgan fingerprint density at radius 1 is 0.608 bits per heavy atom. The molecule has 1 fully saturated rings. The van der Waals surface area contributed by atoms with Crippen molar-refractivity contribution in [3.63, 3.8) is 0 Å². The van der Waals surface area contributed by atoms with E-state index >= 15 is 0 Å². The first kappa shape index (κ1) is 48.2. The number of carbonyl (C=O) groups excluding carboxylic acids is 2. The topological polar surface area (TPSA) is 61.8 Å². The molecule has 0 aromatic heterocycles. The predicted octanol–water partition coefficient (Wildman–Crippen LogP) is 12.0. The zero-order valence-electron chi connectivity index (χ0n) is 30.7. The zero-order valence-corrected chi connectivity index (χ0v) is 33.3. The molecule has 51 heavy (non-hydrogen) atoms. The molecule has 0 aliphatic heterocycles. The van der Waals surface area contributed by atoms with Crippen LogP contribution in [-0.4, -0.2) is 18.8 Å². The van der Waals surface area contributed by atoms with E-state index in [1.54, 1.807) is 0 Å². The first-order valence-electron chi connectivity index (χ1n) is 16.1. The molecule has 3 aromatic rings. The van der Waals surface area contributed by atoms with Gasteiger partial charge in [-0.3, -0.25) is 9.59 Å². The van der Waals surface area contributed by atoms with Crippen LogP contribution in [0.15, 0.2) is 91.0 Å². The Balaban J connectivity index is 0.000000737. The second-order valence-corrected chi connectivity index (χ2v) is 14.5. The molecule has 1 aliphatic carbocycles. The molecule has 5 nitrogen and oxygen atoms in total. The third-order valence-corrected chi connectivity index (χ3v) is 7.59. The molecule has 0 N–H and O–H groups in total. The van der Waals surface area contributed by atoms with Crippen molar-refractivity contribution < 1.29 is 59.9 Å². The SMILES string of the molecule is CC(C)(C)C(=O)CC(=O)C(C)(C)C.C[C]1[CH][CH][C](C(C)C)[CH][CH]1.F[B-](F)(F)F.[Ru+2].c1ccc(OP(Oc2ccccc2)Oc2ccccc2)cc1. The number of halogens is 4. The first-order chi connectivity index (χ1) is 23.1. The van der Waals surface area contributed by atoms with Gasteiger partial charge >= 0.3 is 35.3 Å². The van der Waals surface area contributed by atoms with Crippen molar-refractivity contribution in [2.45, 2.75) is 68.7 Å². The molecule has 0 saturated heterocycles. The summed E-state index contributed by atoms with van der Waals surface area (Å²) in [6.07, 6.45) is 8.78. The van der Waals surface area contributed by atoms with E-state index in [1.807, 2.05) is 133 Å². The molecular weight excluding hydrogens is 767 g/mol. The van der Waals surface area contributed by atoms with E-state index in [9.17, 15) is 26.9 Å². The van der Waals surface area contributed by atoms with Crippen molar-refractivity contribution in [2.24, 2.45) is 16.7 Å². The summed E-state index contributed by atoms with van der Waals surface area (Å²) in [7, 11) is -7.59. The summed E-state index contributed by atoms with van der Waals surface area (Å²) in [5, 5.41) is 0. The molecule has 0 amide bonds. The summed E-state index contributed by atoms with van der Waals surface area (Å²) in [6, 6.07) is 28.5. The molecule has 1 aliphatic rings. The van der Waals surface area contributed by atoms with Gasteiger partial charge < -0.3 is 30.8 Å². The smallest absolute Gasteiger partial charge is 0.418 e. The van der Waals surface area contributed by atoms with Gasteiger partial charge in [-0.1, -0.05) is 117 Å². The van der Waals surface area contributed by atoms with E-state index in [-0.39, 0.29) is 37.5 Å². The Kier molecular flexibility index (Phi) is 22.4. The van der Waals surface area contributed by atoms with Crippen LogP contribution < -0.4 is 13.6 Å². The van der Waals surface area contributed by atoms with Gasteiger partial charge in [0.05, 0.1) is 6.42 Å². The fraction of sp³-hybridized carbons (Fsp3) is 0.333. The third kappa shape index (κ3) is 24.2. The summed E-state index contributed by atoms with van der Waals surface area (Å²) in [5.41, 5.74) is -0.804. The average molecular weight is 817 g/mol. The summed E-state index contributed by atoms with van der Waals surface area (Å²) >= 11 is 0. The largest absolute Gasteiger partial charge is 2.00 e. The van der Waals surface area contributed by atoms with Gasteiger partial charge in [-0.15, -0.1) is 0 Å². The Morgan fingerprint density at radius 3 is 1.12 bits per heavy atom. The zero-order chi connectivity index (χ0) is 38.0. The van der Waals surface area contributed by atoms with E-state index in [2.05, 4.69) is 46.5 Å². The quantitative estimate of drug-likeness (QED) is 0.0932. The predicted molar refractivity (Wildman–Crippen MR) is 196 cm³/mol. The molecule has 0 heterocycles. The van der Waals surface area contributed by atoms with E-state index in [0.717, 1.165) is 0 Å². The first-order valence-corrected chi connectivity index (χ1v) is 17.2. The Labute approximate surface area is 317 Å². The van der Waals surface area contributed by atoms with Crippen molar-refractivity contribution in [1.82, 2.24) is 0 Å². The molecule has 12 heteroatoms. The summed E-state index contributed by atoms with van der Waals surface area (Å²) in [6.45, 7) is 17.6. The molecule has 0 atom stereocenters. The molecule has 3 aromatic carbocycles. The van der Waals surface area contributed by atoms with Gasteiger partial charge in [0.1, 0.15) is 28.8 Å². The van der Waals surface area contributed by atoms with Crippen molar-refractivity contribution in [3.8, 4) is 17.2 Å². The van der Waals surface area contributed by atoms with Crippen LogP contribution in [0, 0.1) is 54.3 Å². The average Bonchev–Trinajstić information content (AvgIpc) is 3.02. The molecular formula is C39H49BF4O5PRu+. The molecule has 4 rings (SSSR count). The van der Waals surface area contributed by atoms with Crippen LogP contribution in [0.1, 0.15) is 68.7 Å². The number of hydrogen-bond acceptors (Lipinski definition) is 5. The van der Waals surface area contributed by atoms with Crippen molar-refractivity contribution in [1.29, 1.82) is 0 Å². The number of Topliss-reactive ketones (excluding diaryl/α,β-unsaturated/α-hetero) is 2. The van der Waals surface area contributed by atoms with Crippen LogP contribution in [0.5, 0.6) is 17.2 Å². The summed E-state index contributed by atoms with van der Waals surface area (Å²) < 4.78 is 56.5. The molecule has 0 spiro atoms. The van der Waals surface area contributed by atoms with Gasteiger partial charge in [-0.25, -0.2) is 0 Å². The van der Waals surface area contributed by atoms with Crippen molar-refractivity contribution >= 4 is 27.4 Å². The molecule has 1 saturated carbocycles. The standard InChI is InChI=1S/C18H15O3P.C11H20O2.C10H14.BF4.Ru/c1-4-10-16(11-5-1)19-22(20-17-12-6-2-7-13-17)21-18-14-8-3-9-15-18;1-10(2,3)8(12)7-9(13)11(4,5)6;1-8(2)10-6-4-9(3)5-7-10;2-1(3,4)5;/h1-15H;7H2,1-6H3;4-8H,1-3H3;;/q;;;-1;+2. The minimum Gasteiger partial charge on any atom is -0.418 e. The van der Waals surface area contributed by atoms with Crippen LogP contribution in [0.25, 0.3) is 0 Å². The Morgan fingerprint density at radius 2 is 0.882 bits per heavy atom. The summed E-state index contributed by atoms with van der Waals surface area (Å²) in [4.78, 5) is 23.0. The van der Waals surface area contributed by atoms with Crippen LogP contribution in [0.4, 0.5) is 17.3 Å². The normalized spacial score (nSPS) is 13.5. The maximum absolute atomic E-state index is 11.5. The molecule has 0 unspecified atom stereocenters. The van der Waals surface area contributed by atoms with Crippen molar-refractivity contribution in [3.05, 3.63) is 129 Å². The fourth-order valence-electron chi connectivity index (χ4n) is 3.39. The van der Waals surface area contributed by atoms with Crippen LogP contribution >= 0.6 is 8.60 Å². The number of hydrogen-bond donors (Lipinski definition) is 0. The number of rotatable bonds is 9. The van der Waals surface area contributed by atoms with Gasteiger partial charge in [-0.05, 0) is 79.8 Å². The molecule has 0 bridgehead atoms. The van der Waals surface area contributed by atoms with Crippen molar-refractivity contribution in [2.75, 3.05) is 0 Å². The number of para-hydroxylation sites is 3. The molecule has 6 radical (unpaired) electrons. The van der Waals surface area contributed by atoms with E-state index in [1.165, 1.54) is 11.8 Å².